The fourth-order valence-electron chi connectivity index (χ4n) is 3.99. The number of aryl methyl sites for hydroxylation is 2. The molecule has 0 bridgehead atoms. The van der Waals surface area contributed by atoms with E-state index in [2.05, 4.69) is 10.0 Å². The van der Waals surface area contributed by atoms with Crippen molar-refractivity contribution < 1.29 is 17.6 Å². The summed E-state index contributed by atoms with van der Waals surface area (Å²) in [5.74, 6) is -0.834. The average molecular weight is 439 g/mol. The molecule has 2 N–H and O–H groups in total. The lowest BCUT2D eigenvalue weighted by Gasteiger charge is -2.27. The van der Waals surface area contributed by atoms with E-state index in [0.717, 1.165) is 17.5 Å². The summed E-state index contributed by atoms with van der Waals surface area (Å²) < 4.78 is 42.5. The normalized spacial score (nSPS) is 17.9. The molecule has 5 nitrogen and oxygen atoms in total. The highest BCUT2D eigenvalue weighted by Gasteiger charge is 2.38. The van der Waals surface area contributed by atoms with Gasteiger partial charge >= 0.3 is 0 Å². The van der Waals surface area contributed by atoms with Gasteiger partial charge < -0.3 is 5.32 Å². The number of nitrogens with one attached hydrogen (secondary N) is 2. The number of benzene rings is 3. The first kappa shape index (κ1) is 21.2. The molecular weight excluding hydrogens is 415 g/mol. The lowest BCUT2D eigenvalue weighted by Crippen LogP contribution is -2.41. The SMILES string of the molecule is Cc1cc(NC(=O)c2cccc(S(=O)(=O)N[C@]3(C)CCc4ccccc43)c2)ccc1F. The summed E-state index contributed by atoms with van der Waals surface area (Å²) in [6.07, 6.45) is 1.46. The minimum atomic E-state index is -3.87. The minimum absolute atomic E-state index is 0.0149. The minimum Gasteiger partial charge on any atom is -0.322 e. The summed E-state index contributed by atoms with van der Waals surface area (Å²) >= 11 is 0. The zero-order valence-corrected chi connectivity index (χ0v) is 18.1. The molecule has 0 spiro atoms. The molecule has 0 saturated heterocycles. The number of halogens is 1. The summed E-state index contributed by atoms with van der Waals surface area (Å²) in [5, 5.41) is 2.68. The van der Waals surface area contributed by atoms with Crippen molar-refractivity contribution in [3.63, 3.8) is 0 Å². The van der Waals surface area contributed by atoms with Gasteiger partial charge in [-0.15, -0.1) is 0 Å². The highest BCUT2D eigenvalue weighted by atomic mass is 32.2. The van der Waals surface area contributed by atoms with Crippen molar-refractivity contribution in [2.45, 2.75) is 37.1 Å². The Balaban J connectivity index is 1.57. The number of hydrogen-bond donors (Lipinski definition) is 2. The van der Waals surface area contributed by atoms with E-state index in [9.17, 15) is 17.6 Å². The highest BCUT2D eigenvalue weighted by molar-refractivity contribution is 7.89. The van der Waals surface area contributed by atoms with E-state index in [1.54, 1.807) is 6.92 Å². The Bertz CT molecular complexity index is 1270. The van der Waals surface area contributed by atoms with Crippen LogP contribution in [0.1, 0.15) is 40.4 Å². The van der Waals surface area contributed by atoms with Crippen LogP contribution in [0, 0.1) is 12.7 Å². The lowest BCUT2D eigenvalue weighted by molar-refractivity contribution is 0.102. The summed E-state index contributed by atoms with van der Waals surface area (Å²) in [6.45, 7) is 3.48. The zero-order valence-electron chi connectivity index (χ0n) is 17.3. The van der Waals surface area contributed by atoms with E-state index in [-0.39, 0.29) is 16.3 Å². The third-order valence-corrected chi connectivity index (χ3v) is 7.28. The molecule has 160 valence electrons. The van der Waals surface area contributed by atoms with Crippen LogP contribution in [0.5, 0.6) is 0 Å². The number of carbonyl (C=O) groups excluding carboxylic acids is 1. The number of anilines is 1. The molecule has 1 aliphatic carbocycles. The fraction of sp³-hybridized carbons (Fsp3) is 0.208. The Morgan fingerprint density at radius 2 is 1.81 bits per heavy atom. The first-order chi connectivity index (χ1) is 14.7. The maximum absolute atomic E-state index is 13.4. The molecule has 0 unspecified atom stereocenters. The van der Waals surface area contributed by atoms with Gasteiger partial charge in [0.15, 0.2) is 0 Å². The Kier molecular flexibility index (Phi) is 5.41. The monoisotopic (exact) mass is 438 g/mol. The van der Waals surface area contributed by atoms with Crippen LogP contribution in [0.15, 0.2) is 71.6 Å². The molecule has 7 heteroatoms. The summed E-state index contributed by atoms with van der Waals surface area (Å²) in [6, 6.07) is 17.9. The maximum Gasteiger partial charge on any atom is 0.255 e. The second kappa shape index (κ2) is 7.90. The van der Waals surface area contributed by atoms with Gasteiger partial charge in [-0.1, -0.05) is 30.3 Å². The Morgan fingerprint density at radius 1 is 1.03 bits per heavy atom. The predicted octanol–water partition coefficient (Wildman–Crippen LogP) is 4.53. The molecule has 3 aromatic carbocycles. The van der Waals surface area contributed by atoms with Gasteiger partial charge in [-0.05, 0) is 79.8 Å². The third-order valence-electron chi connectivity index (χ3n) is 5.69. The van der Waals surface area contributed by atoms with Gasteiger partial charge in [0.1, 0.15) is 5.82 Å². The van der Waals surface area contributed by atoms with Crippen LogP contribution in [-0.2, 0) is 22.0 Å². The molecular formula is C24H23FN2O3S. The molecule has 1 atom stereocenters. The maximum atomic E-state index is 13.4. The van der Waals surface area contributed by atoms with E-state index in [1.807, 2.05) is 31.2 Å². The zero-order chi connectivity index (χ0) is 22.2. The molecule has 1 aliphatic rings. The molecule has 31 heavy (non-hydrogen) atoms. The number of fused-ring (bicyclic) bond motifs is 1. The van der Waals surface area contributed by atoms with E-state index >= 15 is 0 Å². The molecule has 0 fully saturated rings. The second-order valence-corrected chi connectivity index (χ2v) is 9.72. The molecule has 1 amide bonds. The standard InChI is InChI=1S/C24H23FN2O3S/c1-16-14-19(10-11-22(16)25)26-23(28)18-7-5-8-20(15-18)31(29,30)27-24(2)13-12-17-6-3-4-9-21(17)24/h3-11,14-15,27H,12-13H2,1-2H3,(H,26,28)/t24-/m1/s1. The van der Waals surface area contributed by atoms with Crippen molar-refractivity contribution in [3.8, 4) is 0 Å². The summed E-state index contributed by atoms with van der Waals surface area (Å²) in [5.41, 5.74) is 2.43. The molecule has 0 heterocycles. The molecule has 3 aromatic rings. The van der Waals surface area contributed by atoms with Crippen LogP contribution in [0.4, 0.5) is 10.1 Å². The van der Waals surface area contributed by atoms with E-state index < -0.39 is 21.5 Å². The number of carbonyl (C=O) groups is 1. The van der Waals surface area contributed by atoms with Crippen LogP contribution >= 0.6 is 0 Å². The van der Waals surface area contributed by atoms with Crippen molar-refractivity contribution in [1.29, 1.82) is 0 Å². The number of sulfonamides is 1. The summed E-state index contributed by atoms with van der Waals surface area (Å²) in [7, 11) is -3.87. The first-order valence-electron chi connectivity index (χ1n) is 9.98. The number of hydrogen-bond acceptors (Lipinski definition) is 3. The van der Waals surface area contributed by atoms with Crippen LogP contribution in [0.3, 0.4) is 0 Å². The summed E-state index contributed by atoms with van der Waals surface area (Å²) in [4.78, 5) is 12.7. The highest BCUT2D eigenvalue weighted by Crippen LogP contribution is 2.37. The number of rotatable bonds is 5. The van der Waals surface area contributed by atoms with Gasteiger partial charge in [-0.3, -0.25) is 4.79 Å². The molecule has 0 radical (unpaired) electrons. The molecule has 0 saturated carbocycles. The van der Waals surface area contributed by atoms with Gasteiger partial charge in [-0.25, -0.2) is 17.5 Å². The lowest BCUT2D eigenvalue weighted by atomic mass is 9.96. The van der Waals surface area contributed by atoms with Gasteiger partial charge in [0.05, 0.1) is 10.4 Å². The van der Waals surface area contributed by atoms with Crippen molar-refractivity contribution in [3.05, 3.63) is 94.8 Å². The Morgan fingerprint density at radius 3 is 2.58 bits per heavy atom. The van der Waals surface area contributed by atoms with Crippen molar-refractivity contribution in [2.24, 2.45) is 0 Å². The van der Waals surface area contributed by atoms with Gasteiger partial charge in [-0.2, -0.15) is 0 Å². The fourth-order valence-corrected chi connectivity index (χ4v) is 5.45. The number of amides is 1. The van der Waals surface area contributed by atoms with Crippen LogP contribution in [-0.4, -0.2) is 14.3 Å². The van der Waals surface area contributed by atoms with Crippen molar-refractivity contribution in [2.75, 3.05) is 5.32 Å². The largest absolute Gasteiger partial charge is 0.322 e. The molecule has 0 aromatic heterocycles. The van der Waals surface area contributed by atoms with Crippen LogP contribution in [0.25, 0.3) is 0 Å². The Hall–Kier alpha value is -3.03. The smallest absolute Gasteiger partial charge is 0.255 e. The van der Waals surface area contributed by atoms with Crippen molar-refractivity contribution >= 4 is 21.6 Å². The van der Waals surface area contributed by atoms with Crippen LogP contribution in [0.2, 0.25) is 0 Å². The van der Waals surface area contributed by atoms with Crippen molar-refractivity contribution in [1.82, 2.24) is 4.72 Å². The van der Waals surface area contributed by atoms with Gasteiger partial charge in [0.25, 0.3) is 5.91 Å². The van der Waals surface area contributed by atoms with Gasteiger partial charge in [0, 0.05) is 11.3 Å². The average Bonchev–Trinajstić information content (AvgIpc) is 3.07. The first-order valence-corrected chi connectivity index (χ1v) is 11.5. The topological polar surface area (TPSA) is 75.3 Å². The Labute approximate surface area is 181 Å². The third kappa shape index (κ3) is 4.24. The van der Waals surface area contributed by atoms with E-state index in [0.29, 0.717) is 17.7 Å². The predicted molar refractivity (Wildman–Crippen MR) is 118 cm³/mol. The quantitative estimate of drug-likeness (QED) is 0.615. The van der Waals surface area contributed by atoms with Crippen LogP contribution < -0.4 is 10.0 Å². The molecule has 4 rings (SSSR count). The van der Waals surface area contributed by atoms with Gasteiger partial charge in [0.2, 0.25) is 10.0 Å². The second-order valence-electron chi connectivity index (χ2n) is 8.04. The van der Waals surface area contributed by atoms with E-state index in [4.69, 9.17) is 0 Å². The molecule has 0 aliphatic heterocycles. The van der Waals surface area contributed by atoms with E-state index in [1.165, 1.54) is 42.5 Å².